The molecule has 110 valence electrons. The van der Waals surface area contributed by atoms with Crippen LogP contribution < -0.4 is 0 Å². The fraction of sp³-hybridized carbons (Fsp3) is 0.611. The number of Topliss-reactive ketones (excluding diaryl/α,β-unsaturated/α-hetero) is 1. The molecule has 1 N–H and O–H groups in total. The van der Waals surface area contributed by atoms with Crippen molar-refractivity contribution >= 4 is 5.78 Å². The summed E-state index contributed by atoms with van der Waals surface area (Å²) < 4.78 is 0. The van der Waals surface area contributed by atoms with Crippen LogP contribution in [0, 0.1) is 11.3 Å². The first kappa shape index (κ1) is 15.2. The molecule has 0 radical (unpaired) electrons. The highest BCUT2D eigenvalue weighted by molar-refractivity contribution is 5.88. The Morgan fingerprint density at radius 2 is 2.00 bits per heavy atom. The van der Waals surface area contributed by atoms with Gasteiger partial charge in [0, 0.05) is 11.8 Å². The Bertz CT molecular complexity index is 542. The van der Waals surface area contributed by atoms with Crippen molar-refractivity contribution in [3.05, 3.63) is 34.9 Å². The monoisotopic (exact) mass is 274 g/mol. The van der Waals surface area contributed by atoms with Gasteiger partial charge in [0.15, 0.2) is 0 Å². The second-order valence-electron chi connectivity index (χ2n) is 6.91. The highest BCUT2D eigenvalue weighted by atomic mass is 16.3. The standard InChI is InChI=1S/C18H26O2/c1-7-13-8-9-14-12(4)18(20,15(14)10-13)17(5,6)16(19)11(2)3/h8-12,20H,7H2,1-6H3. The minimum Gasteiger partial charge on any atom is -0.383 e. The van der Waals surface area contributed by atoms with Gasteiger partial charge in [0.25, 0.3) is 0 Å². The number of aliphatic hydroxyl groups is 1. The summed E-state index contributed by atoms with van der Waals surface area (Å²) in [7, 11) is 0. The van der Waals surface area contributed by atoms with E-state index in [4.69, 9.17) is 0 Å². The molecule has 1 aromatic carbocycles. The van der Waals surface area contributed by atoms with Crippen LogP contribution in [-0.2, 0) is 16.8 Å². The van der Waals surface area contributed by atoms with Crippen LogP contribution in [-0.4, -0.2) is 10.9 Å². The van der Waals surface area contributed by atoms with E-state index >= 15 is 0 Å². The Morgan fingerprint density at radius 1 is 1.40 bits per heavy atom. The maximum atomic E-state index is 12.6. The first-order valence-electron chi connectivity index (χ1n) is 7.57. The molecule has 0 amide bonds. The van der Waals surface area contributed by atoms with Crippen molar-refractivity contribution in [1.29, 1.82) is 0 Å². The van der Waals surface area contributed by atoms with E-state index in [2.05, 4.69) is 25.1 Å². The van der Waals surface area contributed by atoms with Crippen LogP contribution in [0.4, 0.5) is 0 Å². The van der Waals surface area contributed by atoms with Crippen LogP contribution >= 0.6 is 0 Å². The van der Waals surface area contributed by atoms with Crippen LogP contribution in [0.15, 0.2) is 18.2 Å². The first-order chi connectivity index (χ1) is 9.17. The van der Waals surface area contributed by atoms with Crippen molar-refractivity contribution in [3.8, 4) is 0 Å². The van der Waals surface area contributed by atoms with E-state index < -0.39 is 11.0 Å². The Balaban J connectivity index is 2.52. The summed E-state index contributed by atoms with van der Waals surface area (Å²) in [6.07, 6.45) is 0.941. The largest absolute Gasteiger partial charge is 0.383 e. The average molecular weight is 274 g/mol. The summed E-state index contributed by atoms with van der Waals surface area (Å²) in [6, 6.07) is 6.29. The molecule has 2 atom stereocenters. The van der Waals surface area contributed by atoms with E-state index in [9.17, 15) is 9.90 Å². The van der Waals surface area contributed by atoms with Gasteiger partial charge in [-0.1, -0.05) is 45.9 Å². The van der Waals surface area contributed by atoms with Gasteiger partial charge in [-0.3, -0.25) is 4.79 Å². The Kier molecular flexibility index (Phi) is 3.58. The minimum absolute atomic E-state index is 0.00102. The summed E-state index contributed by atoms with van der Waals surface area (Å²) in [5, 5.41) is 11.3. The fourth-order valence-corrected chi connectivity index (χ4v) is 3.70. The second kappa shape index (κ2) is 4.70. The molecule has 0 aromatic heterocycles. The molecule has 2 nitrogen and oxygen atoms in total. The molecule has 0 heterocycles. The van der Waals surface area contributed by atoms with Gasteiger partial charge in [-0.2, -0.15) is 0 Å². The molecule has 1 aliphatic rings. The number of ketones is 1. The number of benzene rings is 1. The Labute approximate surface area is 122 Å². The number of rotatable bonds is 4. The van der Waals surface area contributed by atoms with Gasteiger partial charge in [-0.05, 0) is 37.0 Å². The van der Waals surface area contributed by atoms with Gasteiger partial charge in [0.2, 0.25) is 0 Å². The molecule has 0 saturated heterocycles. The van der Waals surface area contributed by atoms with Crippen molar-refractivity contribution in [2.75, 3.05) is 0 Å². The summed E-state index contributed by atoms with van der Waals surface area (Å²) in [5.74, 6) is 0.0557. The number of carbonyl (C=O) groups is 1. The fourth-order valence-electron chi connectivity index (χ4n) is 3.70. The number of hydrogen-bond acceptors (Lipinski definition) is 2. The SMILES string of the molecule is CCc1ccc2c(c1)C(O)(C(C)(C)C(=O)C(C)C)C2C. The molecule has 0 aliphatic heterocycles. The molecule has 0 spiro atoms. The van der Waals surface area contributed by atoms with Crippen LogP contribution in [0.1, 0.15) is 64.2 Å². The lowest BCUT2D eigenvalue weighted by Gasteiger charge is -2.54. The van der Waals surface area contributed by atoms with E-state index in [1.165, 1.54) is 11.1 Å². The maximum Gasteiger partial charge on any atom is 0.144 e. The van der Waals surface area contributed by atoms with Gasteiger partial charge in [0.1, 0.15) is 11.4 Å². The zero-order valence-corrected chi connectivity index (χ0v) is 13.4. The molecular weight excluding hydrogens is 248 g/mol. The van der Waals surface area contributed by atoms with Crippen LogP contribution in [0.25, 0.3) is 0 Å². The van der Waals surface area contributed by atoms with Crippen LogP contribution in [0.5, 0.6) is 0 Å². The molecule has 1 aromatic rings. The van der Waals surface area contributed by atoms with Gasteiger partial charge in [-0.25, -0.2) is 0 Å². The van der Waals surface area contributed by atoms with Crippen molar-refractivity contribution in [2.24, 2.45) is 11.3 Å². The molecule has 2 unspecified atom stereocenters. The molecule has 0 fully saturated rings. The molecule has 1 aliphatic carbocycles. The number of hydrogen-bond donors (Lipinski definition) is 1. The lowest BCUT2D eigenvalue weighted by molar-refractivity contribution is -0.159. The highest BCUT2D eigenvalue weighted by Gasteiger charge is 2.60. The molecule has 0 saturated carbocycles. The maximum absolute atomic E-state index is 12.6. The lowest BCUT2D eigenvalue weighted by Crippen LogP contribution is -2.57. The third-order valence-corrected chi connectivity index (χ3v) is 5.12. The zero-order chi connectivity index (χ0) is 15.3. The first-order valence-corrected chi connectivity index (χ1v) is 7.57. The predicted molar refractivity (Wildman–Crippen MR) is 81.8 cm³/mol. The van der Waals surface area contributed by atoms with Gasteiger partial charge in [0.05, 0.1) is 5.41 Å². The van der Waals surface area contributed by atoms with E-state index in [-0.39, 0.29) is 17.6 Å². The number of aryl methyl sites for hydroxylation is 1. The van der Waals surface area contributed by atoms with Gasteiger partial charge >= 0.3 is 0 Å². The Morgan fingerprint density at radius 3 is 2.50 bits per heavy atom. The predicted octanol–water partition coefficient (Wildman–Crippen LogP) is 3.81. The van der Waals surface area contributed by atoms with Crippen molar-refractivity contribution in [2.45, 2.75) is 59.5 Å². The molecule has 2 rings (SSSR count). The van der Waals surface area contributed by atoms with Crippen molar-refractivity contribution in [1.82, 2.24) is 0 Å². The summed E-state index contributed by atoms with van der Waals surface area (Å²) in [5.41, 5.74) is 1.52. The topological polar surface area (TPSA) is 37.3 Å². The minimum atomic E-state index is -1.05. The molecular formula is C18H26O2. The van der Waals surface area contributed by atoms with E-state index in [1.807, 2.05) is 34.6 Å². The lowest BCUT2D eigenvalue weighted by atomic mass is 9.52. The van der Waals surface area contributed by atoms with Crippen molar-refractivity contribution < 1.29 is 9.90 Å². The van der Waals surface area contributed by atoms with E-state index in [1.54, 1.807) is 0 Å². The second-order valence-corrected chi connectivity index (χ2v) is 6.91. The van der Waals surface area contributed by atoms with Gasteiger partial charge < -0.3 is 5.11 Å². The summed E-state index contributed by atoms with van der Waals surface area (Å²) >= 11 is 0. The highest BCUT2D eigenvalue weighted by Crippen LogP contribution is 2.59. The van der Waals surface area contributed by atoms with E-state index in [0.717, 1.165) is 12.0 Å². The van der Waals surface area contributed by atoms with Crippen LogP contribution in [0.2, 0.25) is 0 Å². The smallest absolute Gasteiger partial charge is 0.144 e. The number of carbonyl (C=O) groups excluding carboxylic acids is 1. The normalized spacial score (nSPS) is 25.3. The summed E-state index contributed by atoms with van der Waals surface area (Å²) in [4.78, 5) is 12.6. The zero-order valence-electron chi connectivity index (χ0n) is 13.4. The third kappa shape index (κ3) is 1.77. The average Bonchev–Trinajstić information content (AvgIpc) is 2.43. The van der Waals surface area contributed by atoms with Crippen molar-refractivity contribution in [3.63, 3.8) is 0 Å². The van der Waals surface area contributed by atoms with E-state index in [0.29, 0.717) is 0 Å². The quantitative estimate of drug-likeness (QED) is 0.906. The summed E-state index contributed by atoms with van der Waals surface area (Å²) in [6.45, 7) is 11.7. The molecule has 2 heteroatoms. The molecule has 20 heavy (non-hydrogen) atoms. The third-order valence-electron chi connectivity index (χ3n) is 5.12. The molecule has 0 bridgehead atoms. The Hall–Kier alpha value is -1.15. The number of fused-ring (bicyclic) bond motifs is 1. The van der Waals surface area contributed by atoms with Crippen LogP contribution in [0.3, 0.4) is 0 Å². The van der Waals surface area contributed by atoms with Gasteiger partial charge in [-0.15, -0.1) is 0 Å².